The number of hydrogen-bond acceptors (Lipinski definition) is 1. The van der Waals surface area contributed by atoms with E-state index < -0.39 is 0 Å². The Morgan fingerprint density at radius 2 is 1.19 bits per heavy atom. The molecule has 0 saturated heterocycles. The van der Waals surface area contributed by atoms with Crippen molar-refractivity contribution in [3.8, 4) is 22.3 Å². The van der Waals surface area contributed by atoms with E-state index in [1.54, 1.807) is 0 Å². The van der Waals surface area contributed by atoms with Crippen LogP contribution in [0.1, 0.15) is 5.56 Å². The molecule has 3 aromatic rings. The van der Waals surface area contributed by atoms with Crippen LogP contribution >= 0.6 is 0 Å². The van der Waals surface area contributed by atoms with Gasteiger partial charge in [-0.1, -0.05) is 54.6 Å². The minimum atomic E-state index is 1.26. The van der Waals surface area contributed by atoms with Gasteiger partial charge in [-0.25, -0.2) is 0 Å². The molecule has 4 rings (SSSR count). The van der Waals surface area contributed by atoms with E-state index in [-0.39, 0.29) is 0 Å². The number of para-hydroxylation sites is 2. The van der Waals surface area contributed by atoms with Crippen molar-refractivity contribution in [1.82, 2.24) is 0 Å². The minimum absolute atomic E-state index is 1.26. The van der Waals surface area contributed by atoms with Gasteiger partial charge in [0.25, 0.3) is 0 Å². The topological polar surface area (TPSA) is 3.24 Å². The van der Waals surface area contributed by atoms with Crippen molar-refractivity contribution < 1.29 is 0 Å². The fraction of sp³-hybridized carbons (Fsp3) is 0.100. The first-order chi connectivity index (χ1) is 10.3. The van der Waals surface area contributed by atoms with Crippen LogP contribution in [-0.4, -0.2) is 7.05 Å². The summed E-state index contributed by atoms with van der Waals surface area (Å²) in [4.78, 5) is 2.30. The zero-order chi connectivity index (χ0) is 14.4. The number of hydrogen-bond donors (Lipinski definition) is 0. The van der Waals surface area contributed by atoms with Crippen LogP contribution in [0.15, 0.2) is 66.7 Å². The molecule has 0 atom stereocenters. The summed E-state index contributed by atoms with van der Waals surface area (Å²) in [6.07, 6.45) is 0. The van der Waals surface area contributed by atoms with E-state index in [0.29, 0.717) is 0 Å². The van der Waals surface area contributed by atoms with Gasteiger partial charge < -0.3 is 4.90 Å². The van der Waals surface area contributed by atoms with Crippen LogP contribution in [0.4, 0.5) is 11.4 Å². The van der Waals surface area contributed by atoms with Crippen LogP contribution < -0.4 is 4.90 Å². The first-order valence-electron chi connectivity index (χ1n) is 7.29. The molecule has 0 radical (unpaired) electrons. The van der Waals surface area contributed by atoms with Crippen molar-refractivity contribution in [3.63, 3.8) is 0 Å². The minimum Gasteiger partial charge on any atom is -0.344 e. The molecule has 0 spiro atoms. The van der Waals surface area contributed by atoms with Gasteiger partial charge in [-0.05, 0) is 35.7 Å². The maximum absolute atomic E-state index is 2.30. The molecule has 1 heteroatoms. The zero-order valence-corrected chi connectivity index (χ0v) is 12.3. The second-order valence-electron chi connectivity index (χ2n) is 5.59. The van der Waals surface area contributed by atoms with Gasteiger partial charge in [-0.2, -0.15) is 0 Å². The van der Waals surface area contributed by atoms with Crippen LogP contribution in [0.3, 0.4) is 0 Å². The molecule has 0 aromatic heterocycles. The quantitative estimate of drug-likeness (QED) is 0.528. The van der Waals surface area contributed by atoms with Crippen molar-refractivity contribution in [2.45, 2.75) is 6.92 Å². The first kappa shape index (κ1) is 12.2. The molecule has 1 heterocycles. The van der Waals surface area contributed by atoms with Crippen LogP contribution in [0.25, 0.3) is 22.3 Å². The molecule has 0 bridgehead atoms. The molecular weight excluding hydrogens is 254 g/mol. The molecule has 0 N–H and O–H groups in total. The predicted molar refractivity (Wildman–Crippen MR) is 90.1 cm³/mol. The Hall–Kier alpha value is -2.54. The average Bonchev–Trinajstić information content (AvgIpc) is 2.64. The highest BCUT2D eigenvalue weighted by atomic mass is 15.1. The molecule has 0 fully saturated rings. The van der Waals surface area contributed by atoms with E-state index >= 15 is 0 Å². The molecule has 0 amide bonds. The molecule has 1 aliphatic rings. The van der Waals surface area contributed by atoms with Gasteiger partial charge in [0, 0.05) is 29.5 Å². The van der Waals surface area contributed by atoms with Crippen LogP contribution in [0, 0.1) is 6.92 Å². The maximum Gasteiger partial charge on any atom is 0.0488 e. The van der Waals surface area contributed by atoms with Crippen molar-refractivity contribution >= 4 is 11.4 Å². The molecule has 1 aliphatic heterocycles. The summed E-state index contributed by atoms with van der Waals surface area (Å²) in [5, 5.41) is 0. The number of benzene rings is 3. The molecule has 0 aliphatic carbocycles. The van der Waals surface area contributed by atoms with E-state index in [4.69, 9.17) is 0 Å². The lowest BCUT2D eigenvalue weighted by Gasteiger charge is -2.21. The van der Waals surface area contributed by atoms with Crippen LogP contribution in [0.5, 0.6) is 0 Å². The van der Waals surface area contributed by atoms with E-state index in [1.807, 2.05) is 0 Å². The smallest absolute Gasteiger partial charge is 0.0488 e. The summed E-state index contributed by atoms with van der Waals surface area (Å²) >= 11 is 0. The molecule has 0 saturated carbocycles. The summed E-state index contributed by atoms with van der Waals surface area (Å²) in [6.45, 7) is 2.20. The Kier molecular flexibility index (Phi) is 2.61. The number of rotatable bonds is 0. The molecule has 0 unspecified atom stereocenters. The van der Waals surface area contributed by atoms with Gasteiger partial charge in [0.05, 0.1) is 0 Å². The number of nitrogens with zero attached hydrogens (tertiary/aromatic N) is 1. The van der Waals surface area contributed by atoms with Crippen molar-refractivity contribution in [3.05, 3.63) is 72.3 Å². The van der Waals surface area contributed by atoms with Crippen LogP contribution in [0.2, 0.25) is 0 Å². The lowest BCUT2D eigenvalue weighted by molar-refractivity contribution is 1.22. The molecule has 21 heavy (non-hydrogen) atoms. The van der Waals surface area contributed by atoms with E-state index in [0.717, 1.165) is 0 Å². The second-order valence-corrected chi connectivity index (χ2v) is 5.59. The highest BCUT2D eigenvalue weighted by Crippen LogP contribution is 2.47. The monoisotopic (exact) mass is 271 g/mol. The van der Waals surface area contributed by atoms with Crippen LogP contribution in [-0.2, 0) is 0 Å². The van der Waals surface area contributed by atoms with Gasteiger partial charge in [0.15, 0.2) is 0 Å². The van der Waals surface area contributed by atoms with Gasteiger partial charge >= 0.3 is 0 Å². The Morgan fingerprint density at radius 1 is 0.619 bits per heavy atom. The molecular formula is C20H17N. The van der Waals surface area contributed by atoms with Gasteiger partial charge in [-0.3, -0.25) is 0 Å². The van der Waals surface area contributed by atoms with E-state index in [1.165, 1.54) is 39.2 Å². The zero-order valence-electron chi connectivity index (χ0n) is 12.3. The summed E-state index contributed by atoms with van der Waals surface area (Å²) in [6, 6.07) is 23.9. The fourth-order valence-electron chi connectivity index (χ4n) is 3.35. The largest absolute Gasteiger partial charge is 0.344 e. The third-order valence-electron chi connectivity index (χ3n) is 4.36. The lowest BCUT2D eigenvalue weighted by atomic mass is 9.91. The third-order valence-corrected chi connectivity index (χ3v) is 4.36. The maximum atomic E-state index is 2.30. The highest BCUT2D eigenvalue weighted by Gasteiger charge is 2.22. The van der Waals surface area contributed by atoms with Crippen molar-refractivity contribution in [2.24, 2.45) is 0 Å². The van der Waals surface area contributed by atoms with Crippen molar-refractivity contribution in [1.29, 1.82) is 0 Å². The third kappa shape index (κ3) is 1.71. The molecule has 3 aromatic carbocycles. The highest BCUT2D eigenvalue weighted by molar-refractivity contribution is 6.00. The summed E-state index contributed by atoms with van der Waals surface area (Å²) < 4.78 is 0. The summed E-state index contributed by atoms with van der Waals surface area (Å²) in [5.74, 6) is 0. The van der Waals surface area contributed by atoms with Crippen molar-refractivity contribution in [2.75, 3.05) is 11.9 Å². The standard InChI is InChI=1S/C20H17N/c1-14-8-7-11-16-15-9-3-5-12-18(15)21(2)19-13-6-4-10-17(19)20(14)16/h3-13H,1-2H3. The number of anilines is 2. The Morgan fingerprint density at radius 3 is 1.95 bits per heavy atom. The average molecular weight is 271 g/mol. The normalized spacial score (nSPS) is 12.2. The lowest BCUT2D eigenvalue weighted by Crippen LogP contribution is -2.09. The second kappa shape index (κ2) is 4.49. The van der Waals surface area contributed by atoms with Gasteiger partial charge in [0.1, 0.15) is 0 Å². The van der Waals surface area contributed by atoms with E-state index in [2.05, 4.69) is 85.6 Å². The Labute approximate surface area is 125 Å². The first-order valence-corrected chi connectivity index (χ1v) is 7.29. The summed E-state index contributed by atoms with van der Waals surface area (Å²) in [5.41, 5.74) is 9.13. The summed E-state index contributed by atoms with van der Waals surface area (Å²) in [7, 11) is 2.15. The molecule has 102 valence electrons. The number of aryl methyl sites for hydroxylation is 1. The van der Waals surface area contributed by atoms with E-state index in [9.17, 15) is 0 Å². The molecule has 1 nitrogen and oxygen atoms in total. The van der Waals surface area contributed by atoms with Gasteiger partial charge in [0.2, 0.25) is 0 Å². The Balaban J connectivity index is 2.20. The fourth-order valence-corrected chi connectivity index (χ4v) is 3.35. The SMILES string of the molecule is Cc1cccc2c1-c1ccccc1N(C)c1ccccc1-2. The predicted octanol–water partition coefficient (Wildman–Crippen LogP) is 5.41. The number of fused-ring (bicyclic) bond motifs is 5. The van der Waals surface area contributed by atoms with Gasteiger partial charge in [-0.15, -0.1) is 0 Å². The Bertz CT molecular complexity index is 833.